The van der Waals surface area contributed by atoms with E-state index in [1.54, 1.807) is 25.0 Å². The lowest BCUT2D eigenvalue weighted by Gasteiger charge is -2.41. The quantitative estimate of drug-likeness (QED) is 0.854. The molecule has 0 aliphatic carbocycles. The van der Waals surface area contributed by atoms with Gasteiger partial charge in [0.2, 0.25) is 5.91 Å². The average Bonchev–Trinajstić information content (AvgIpc) is 2.58. The molecule has 1 aliphatic rings. The molecule has 1 fully saturated rings. The smallest absolute Gasteiger partial charge is 0.219 e. The maximum atomic E-state index is 14.8. The molecule has 0 saturated carbocycles. The fourth-order valence-electron chi connectivity index (χ4n) is 3.29. The van der Waals surface area contributed by atoms with Crippen molar-refractivity contribution < 1.29 is 15.3 Å². The molecule has 6 heteroatoms. The van der Waals surface area contributed by atoms with Crippen LogP contribution in [0.5, 0.6) is 0 Å². The number of fused-ring (bicyclic) bond motifs is 1. The van der Waals surface area contributed by atoms with Crippen molar-refractivity contribution in [1.82, 2.24) is 15.1 Å². The second-order valence-corrected chi connectivity index (χ2v) is 5.98. The highest BCUT2D eigenvalue weighted by Gasteiger charge is 2.39. The predicted octanol–water partition coefficient (Wildman–Crippen LogP) is 2.56. The van der Waals surface area contributed by atoms with E-state index in [2.05, 4.69) is 10.2 Å². The molecule has 23 heavy (non-hydrogen) atoms. The Morgan fingerprint density at radius 1 is 1.43 bits per heavy atom. The molecule has 5 nitrogen and oxygen atoms in total. The number of ether oxygens (including phenoxy) is 1. The van der Waals surface area contributed by atoms with Gasteiger partial charge in [-0.15, -0.1) is 0 Å². The summed E-state index contributed by atoms with van der Waals surface area (Å²) in [7, 11) is 1.56. The van der Waals surface area contributed by atoms with E-state index < -0.39 is 5.60 Å². The number of piperidine rings is 1. The highest BCUT2D eigenvalue weighted by molar-refractivity contribution is 5.84. The average molecular weight is 318 g/mol. The number of hydrogen-bond acceptors (Lipinski definition) is 4. The summed E-state index contributed by atoms with van der Waals surface area (Å²) < 4.78 is 28.5. The number of rotatable bonds is 2. The topological polar surface area (TPSA) is 55.3 Å². The van der Waals surface area contributed by atoms with Crippen LogP contribution in [0.3, 0.4) is 0 Å². The summed E-state index contributed by atoms with van der Waals surface area (Å²) in [5, 5.41) is 8.83. The number of carbonyl (C=O) groups excluding carboxylic acids is 1. The molecule has 1 aliphatic heterocycles. The molecule has 1 saturated heterocycles. The van der Waals surface area contributed by atoms with Crippen molar-refractivity contribution in [2.75, 3.05) is 20.2 Å². The summed E-state index contributed by atoms with van der Waals surface area (Å²) in [5.41, 5.74) is 0.208. The molecule has 1 amide bonds. The lowest BCUT2D eigenvalue weighted by atomic mass is 9.83. The first-order chi connectivity index (χ1) is 11.4. The Bertz CT molecular complexity index is 804. The Morgan fingerprint density at radius 3 is 2.74 bits per heavy atom. The third-order valence-electron chi connectivity index (χ3n) is 4.77. The molecule has 122 valence electrons. The number of nitrogens with zero attached hydrogens (tertiary/aromatic N) is 3. The van der Waals surface area contributed by atoms with Gasteiger partial charge in [0.15, 0.2) is 0 Å². The molecule has 1 aromatic carbocycles. The van der Waals surface area contributed by atoms with Crippen LogP contribution in [0.2, 0.25) is 0 Å². The van der Waals surface area contributed by atoms with E-state index in [0.29, 0.717) is 48.0 Å². The number of hydrogen-bond donors (Lipinski definition) is 0. The number of halogens is 1. The van der Waals surface area contributed by atoms with Gasteiger partial charge >= 0.3 is 0 Å². The second kappa shape index (κ2) is 5.85. The molecular formula is C17H20FN3O2. The van der Waals surface area contributed by atoms with Crippen LogP contribution in [0.15, 0.2) is 18.3 Å². The zero-order chi connectivity index (χ0) is 17.5. The molecule has 0 N–H and O–H groups in total. The Labute approximate surface area is 135 Å². The van der Waals surface area contributed by atoms with Crippen molar-refractivity contribution >= 4 is 16.7 Å². The van der Waals surface area contributed by atoms with Crippen molar-refractivity contribution in [3.05, 3.63) is 35.4 Å². The fourth-order valence-corrected chi connectivity index (χ4v) is 3.29. The number of benzene rings is 1. The summed E-state index contributed by atoms with van der Waals surface area (Å²) in [5.74, 6) is -0.367. The number of aryl methyl sites for hydroxylation is 1. The number of methoxy groups -OCH3 is 1. The van der Waals surface area contributed by atoms with Crippen LogP contribution in [-0.4, -0.2) is 41.2 Å². The van der Waals surface area contributed by atoms with Gasteiger partial charge in [-0.2, -0.15) is 10.2 Å². The number of likely N-dealkylation sites (tertiary alicyclic amines) is 1. The minimum Gasteiger partial charge on any atom is -0.373 e. The summed E-state index contributed by atoms with van der Waals surface area (Å²) in [6.45, 7) is 4.31. The summed E-state index contributed by atoms with van der Waals surface area (Å²) in [6.07, 6.45) is 1.04. The van der Waals surface area contributed by atoms with Crippen LogP contribution in [0.25, 0.3) is 10.8 Å². The van der Waals surface area contributed by atoms with Crippen molar-refractivity contribution in [2.45, 2.75) is 32.3 Å². The molecule has 2 heterocycles. The molecule has 0 atom stereocenters. The van der Waals surface area contributed by atoms with Gasteiger partial charge in [-0.25, -0.2) is 4.39 Å². The van der Waals surface area contributed by atoms with Crippen molar-refractivity contribution in [3.63, 3.8) is 0 Å². The van der Waals surface area contributed by atoms with Crippen LogP contribution in [0.1, 0.15) is 32.4 Å². The summed E-state index contributed by atoms with van der Waals surface area (Å²) in [6, 6.07) is 3.06. The highest BCUT2D eigenvalue weighted by atomic mass is 19.1. The lowest BCUT2D eigenvalue weighted by molar-refractivity contribution is -0.135. The van der Waals surface area contributed by atoms with Crippen LogP contribution >= 0.6 is 0 Å². The van der Waals surface area contributed by atoms with Gasteiger partial charge in [0.1, 0.15) is 5.82 Å². The first kappa shape index (κ1) is 14.5. The van der Waals surface area contributed by atoms with E-state index in [4.69, 9.17) is 6.11 Å². The molecule has 0 bridgehead atoms. The van der Waals surface area contributed by atoms with E-state index in [0.717, 1.165) is 0 Å². The normalized spacial score (nSPS) is 18.1. The van der Waals surface area contributed by atoms with Gasteiger partial charge in [0.05, 0.1) is 18.8 Å². The molecule has 2 aromatic rings. The maximum absolute atomic E-state index is 14.8. The third-order valence-corrected chi connectivity index (χ3v) is 4.77. The summed E-state index contributed by atoms with van der Waals surface area (Å²) in [4.78, 5) is 13.3. The molecule has 0 unspecified atom stereocenters. The first-order valence-electron chi connectivity index (χ1n) is 8.12. The maximum Gasteiger partial charge on any atom is 0.219 e. The minimum absolute atomic E-state index is 0.0121. The third kappa shape index (κ3) is 2.67. The van der Waals surface area contributed by atoms with E-state index >= 15 is 0 Å². The van der Waals surface area contributed by atoms with E-state index in [1.165, 1.54) is 13.0 Å². The molecule has 1 aromatic heterocycles. The summed E-state index contributed by atoms with van der Waals surface area (Å²) >= 11 is 0. The van der Waals surface area contributed by atoms with Gasteiger partial charge in [0.25, 0.3) is 0 Å². The Morgan fingerprint density at radius 2 is 2.13 bits per heavy atom. The van der Waals surface area contributed by atoms with E-state index in [9.17, 15) is 9.18 Å². The molecule has 3 rings (SSSR count). The fraction of sp³-hybridized carbons (Fsp3) is 0.471. The monoisotopic (exact) mass is 318 g/mol. The molecular weight excluding hydrogens is 297 g/mol. The van der Waals surface area contributed by atoms with Crippen molar-refractivity contribution in [3.8, 4) is 0 Å². The first-order valence-corrected chi connectivity index (χ1v) is 7.62. The molecule has 0 radical (unpaired) electrons. The van der Waals surface area contributed by atoms with E-state index in [1.807, 2.05) is 0 Å². The number of amides is 1. The Balaban J connectivity index is 2.09. The van der Waals surface area contributed by atoms with Crippen LogP contribution in [-0.2, 0) is 15.1 Å². The minimum atomic E-state index is -0.798. The van der Waals surface area contributed by atoms with Gasteiger partial charge in [-0.1, -0.05) is 0 Å². The van der Waals surface area contributed by atoms with Gasteiger partial charge in [-0.3, -0.25) is 4.79 Å². The van der Waals surface area contributed by atoms with Gasteiger partial charge in [0, 0.05) is 43.5 Å². The van der Waals surface area contributed by atoms with Crippen LogP contribution in [0, 0.1) is 12.7 Å². The largest absolute Gasteiger partial charge is 0.373 e. The molecule has 0 spiro atoms. The van der Waals surface area contributed by atoms with E-state index in [-0.39, 0.29) is 17.9 Å². The predicted molar refractivity (Wildman–Crippen MR) is 84.4 cm³/mol. The lowest BCUT2D eigenvalue weighted by Crippen LogP contribution is -2.45. The zero-order valence-electron chi connectivity index (χ0n) is 14.5. The SMILES string of the molecule is [2H]c1nnc(C)c2cc(F)c(C3(OC)CCN(C(C)=O)CC3)cc12. The van der Waals surface area contributed by atoms with Gasteiger partial charge in [-0.05, 0) is 31.9 Å². The number of aromatic nitrogens is 2. The van der Waals surface area contributed by atoms with Crippen molar-refractivity contribution in [2.24, 2.45) is 0 Å². The standard InChI is InChI=1S/C17H20FN3O2/c1-11-14-9-16(18)15(8-13(14)10-19-20-11)17(23-3)4-6-21(7-5-17)12(2)22/h8-10H,4-7H2,1-3H3/i10D. The van der Waals surface area contributed by atoms with Crippen LogP contribution in [0.4, 0.5) is 4.39 Å². The zero-order valence-corrected chi connectivity index (χ0v) is 13.5. The second-order valence-electron chi connectivity index (χ2n) is 5.98. The Kier molecular flexibility index (Phi) is 3.69. The van der Waals surface area contributed by atoms with Gasteiger partial charge < -0.3 is 9.64 Å². The van der Waals surface area contributed by atoms with Crippen molar-refractivity contribution in [1.29, 1.82) is 0 Å². The van der Waals surface area contributed by atoms with Crippen LogP contribution < -0.4 is 0 Å². The Hall–Kier alpha value is -2.08. The number of carbonyl (C=O) groups is 1. The highest BCUT2D eigenvalue weighted by Crippen LogP contribution is 2.39.